The molecule has 5 heteroatoms. The Bertz CT molecular complexity index is 141. The van der Waals surface area contributed by atoms with Crippen LogP contribution in [0.25, 0.3) is 0 Å². The van der Waals surface area contributed by atoms with Gasteiger partial charge in [-0.2, -0.15) is 4.89 Å². The normalized spacial score (nSPS) is 8.73. The molecular formula is C10H20O5. The lowest BCUT2D eigenvalue weighted by atomic mass is 10.2. The van der Waals surface area contributed by atoms with Gasteiger partial charge in [-0.3, -0.25) is 4.89 Å². The highest BCUT2D eigenvalue weighted by molar-refractivity contribution is 5.80. The van der Waals surface area contributed by atoms with Crippen molar-refractivity contribution in [2.75, 3.05) is 20.3 Å². The Balaban J connectivity index is 0. The van der Waals surface area contributed by atoms with Gasteiger partial charge in [0.05, 0.1) is 7.11 Å². The number of hydrogen-bond donors (Lipinski definition) is 2. The van der Waals surface area contributed by atoms with Crippen LogP contribution in [0.1, 0.15) is 25.7 Å². The number of hydrogen-bond acceptors (Lipinski definition) is 5. The third kappa shape index (κ3) is 19.5. The van der Waals surface area contributed by atoms with Crippen molar-refractivity contribution in [1.29, 1.82) is 0 Å². The quantitative estimate of drug-likeness (QED) is 0.287. The highest BCUT2D eigenvalue weighted by Crippen LogP contribution is 1.96. The predicted octanol–water partition coefficient (Wildman–Crippen LogP) is 0.808. The summed E-state index contributed by atoms with van der Waals surface area (Å²) in [6, 6.07) is 0. The fourth-order valence-electron chi connectivity index (χ4n) is 0.693. The molecular weight excluding hydrogens is 200 g/mol. The predicted molar refractivity (Wildman–Crippen MR) is 55.9 cm³/mol. The Kier molecular flexibility index (Phi) is 17.1. The van der Waals surface area contributed by atoms with Gasteiger partial charge in [-0.05, 0) is 12.8 Å². The lowest BCUT2D eigenvalue weighted by Crippen LogP contribution is -1.96. The average Bonchev–Trinajstić information content (AvgIpc) is 2.26. The summed E-state index contributed by atoms with van der Waals surface area (Å²) in [5.74, 6) is -0.581. The summed E-state index contributed by atoms with van der Waals surface area (Å²) in [5.41, 5.74) is 0. The average molecular weight is 220 g/mol. The van der Waals surface area contributed by atoms with Crippen molar-refractivity contribution < 1.29 is 24.8 Å². The van der Waals surface area contributed by atoms with Gasteiger partial charge in [0.15, 0.2) is 0 Å². The summed E-state index contributed by atoms with van der Waals surface area (Å²) >= 11 is 0. The number of carbonyl (C=O) groups is 1. The molecule has 90 valence electrons. The minimum atomic E-state index is -0.581. The van der Waals surface area contributed by atoms with E-state index in [4.69, 9.17) is 10.2 Å². The van der Waals surface area contributed by atoms with Gasteiger partial charge in [0, 0.05) is 19.3 Å². The van der Waals surface area contributed by atoms with Crippen LogP contribution in [0.4, 0.5) is 0 Å². The van der Waals surface area contributed by atoms with Crippen molar-refractivity contribution in [2.45, 2.75) is 25.7 Å². The second kappa shape index (κ2) is 15.6. The summed E-state index contributed by atoms with van der Waals surface area (Å²) < 4.78 is 0. The number of aliphatic hydroxyl groups excluding tert-OH is 2. The molecule has 0 aliphatic heterocycles. The molecule has 0 aromatic rings. The minimum absolute atomic E-state index is 0.283. The Morgan fingerprint density at radius 1 is 1.20 bits per heavy atom. The van der Waals surface area contributed by atoms with Gasteiger partial charge in [0.2, 0.25) is 0 Å². The summed E-state index contributed by atoms with van der Waals surface area (Å²) in [6.45, 7) is 3.69. The van der Waals surface area contributed by atoms with E-state index in [0.717, 1.165) is 31.8 Å². The largest absolute Gasteiger partial charge is 0.396 e. The van der Waals surface area contributed by atoms with E-state index < -0.39 is 5.97 Å². The standard InChI is InChI=1S/C6H14O2.C4H6O3/c7-5-3-1-2-4-6-8;1-3-4(5)7-6-2/h7-8H,1-6H2;3H,1H2,2H3. The van der Waals surface area contributed by atoms with Gasteiger partial charge in [-0.25, -0.2) is 4.79 Å². The van der Waals surface area contributed by atoms with Crippen molar-refractivity contribution in [2.24, 2.45) is 0 Å². The van der Waals surface area contributed by atoms with E-state index in [1.165, 1.54) is 7.11 Å². The lowest BCUT2D eigenvalue weighted by molar-refractivity contribution is -0.249. The molecule has 0 aliphatic rings. The number of rotatable bonds is 7. The fraction of sp³-hybridized carbons (Fsp3) is 0.700. The molecule has 0 radical (unpaired) electrons. The zero-order chi connectivity index (χ0) is 11.9. The molecule has 0 rings (SSSR count). The zero-order valence-corrected chi connectivity index (χ0v) is 9.15. The van der Waals surface area contributed by atoms with Crippen LogP contribution >= 0.6 is 0 Å². The maximum Gasteiger partial charge on any atom is 0.365 e. The first-order valence-electron chi connectivity index (χ1n) is 4.81. The van der Waals surface area contributed by atoms with Crippen LogP contribution in [0.15, 0.2) is 12.7 Å². The van der Waals surface area contributed by atoms with E-state index in [0.29, 0.717) is 0 Å². The molecule has 0 amide bonds. The Morgan fingerprint density at radius 3 is 1.87 bits per heavy atom. The number of aliphatic hydroxyl groups is 2. The molecule has 0 aromatic carbocycles. The van der Waals surface area contributed by atoms with Gasteiger partial charge in [-0.1, -0.05) is 19.4 Å². The van der Waals surface area contributed by atoms with E-state index in [2.05, 4.69) is 16.4 Å². The van der Waals surface area contributed by atoms with Crippen molar-refractivity contribution >= 4 is 5.97 Å². The van der Waals surface area contributed by atoms with Gasteiger partial charge in [-0.15, -0.1) is 0 Å². The van der Waals surface area contributed by atoms with Gasteiger partial charge in [0.25, 0.3) is 0 Å². The number of unbranched alkanes of at least 4 members (excludes halogenated alkanes) is 3. The van der Waals surface area contributed by atoms with Crippen LogP contribution in [-0.2, 0) is 14.6 Å². The Labute approximate surface area is 90.2 Å². The molecule has 0 spiro atoms. The minimum Gasteiger partial charge on any atom is -0.396 e. The molecule has 2 N–H and O–H groups in total. The second-order valence-corrected chi connectivity index (χ2v) is 2.63. The zero-order valence-electron chi connectivity index (χ0n) is 9.15. The SMILES string of the molecule is C=CC(=O)OOC.OCCCCCCO. The van der Waals surface area contributed by atoms with Crippen LogP contribution in [0.3, 0.4) is 0 Å². The van der Waals surface area contributed by atoms with Gasteiger partial charge in [0.1, 0.15) is 0 Å². The topological polar surface area (TPSA) is 76.0 Å². The Morgan fingerprint density at radius 2 is 1.67 bits per heavy atom. The van der Waals surface area contributed by atoms with Crippen LogP contribution < -0.4 is 0 Å². The molecule has 0 unspecified atom stereocenters. The highest BCUT2D eigenvalue weighted by Gasteiger charge is 1.89. The molecule has 0 aromatic heterocycles. The van der Waals surface area contributed by atoms with Gasteiger partial charge < -0.3 is 10.2 Å². The molecule has 5 nitrogen and oxygen atoms in total. The molecule has 0 fully saturated rings. The first-order chi connectivity index (χ1) is 7.22. The third-order valence-electron chi connectivity index (χ3n) is 1.40. The Hall–Kier alpha value is -0.910. The summed E-state index contributed by atoms with van der Waals surface area (Å²) in [6.07, 6.45) is 4.84. The molecule has 0 atom stereocenters. The van der Waals surface area contributed by atoms with E-state index in [1.807, 2.05) is 0 Å². The van der Waals surface area contributed by atoms with Crippen LogP contribution in [0.2, 0.25) is 0 Å². The first kappa shape index (κ1) is 16.5. The lowest BCUT2D eigenvalue weighted by Gasteiger charge is -1.93. The first-order valence-corrected chi connectivity index (χ1v) is 4.81. The maximum absolute atomic E-state index is 9.95. The maximum atomic E-state index is 9.95. The summed E-state index contributed by atoms with van der Waals surface area (Å²) in [7, 11) is 1.25. The summed E-state index contributed by atoms with van der Waals surface area (Å²) in [4.78, 5) is 17.9. The van der Waals surface area contributed by atoms with Crippen molar-refractivity contribution in [3.05, 3.63) is 12.7 Å². The van der Waals surface area contributed by atoms with Crippen molar-refractivity contribution in [3.63, 3.8) is 0 Å². The fourth-order valence-corrected chi connectivity index (χ4v) is 0.693. The molecule has 15 heavy (non-hydrogen) atoms. The van der Waals surface area contributed by atoms with E-state index in [-0.39, 0.29) is 13.2 Å². The van der Waals surface area contributed by atoms with Crippen LogP contribution in [0, 0.1) is 0 Å². The summed E-state index contributed by atoms with van der Waals surface area (Å²) in [5, 5.41) is 16.6. The molecule has 0 saturated carbocycles. The highest BCUT2D eigenvalue weighted by atomic mass is 17.2. The molecule has 0 aliphatic carbocycles. The van der Waals surface area contributed by atoms with Crippen LogP contribution in [0.5, 0.6) is 0 Å². The third-order valence-corrected chi connectivity index (χ3v) is 1.40. The van der Waals surface area contributed by atoms with Gasteiger partial charge >= 0.3 is 5.97 Å². The van der Waals surface area contributed by atoms with E-state index in [9.17, 15) is 4.79 Å². The number of carbonyl (C=O) groups excluding carboxylic acids is 1. The van der Waals surface area contributed by atoms with E-state index in [1.54, 1.807) is 0 Å². The monoisotopic (exact) mass is 220 g/mol. The molecule has 0 heterocycles. The van der Waals surface area contributed by atoms with E-state index >= 15 is 0 Å². The van der Waals surface area contributed by atoms with Crippen molar-refractivity contribution in [1.82, 2.24) is 0 Å². The van der Waals surface area contributed by atoms with Crippen LogP contribution in [-0.4, -0.2) is 36.5 Å². The second-order valence-electron chi connectivity index (χ2n) is 2.63. The van der Waals surface area contributed by atoms with Crippen molar-refractivity contribution in [3.8, 4) is 0 Å². The molecule has 0 bridgehead atoms. The molecule has 0 saturated heterocycles. The smallest absolute Gasteiger partial charge is 0.365 e.